The van der Waals surface area contributed by atoms with Crippen LogP contribution in [0.25, 0.3) is 0 Å². The largest absolute Gasteiger partial charge is 0.397 e. The molecule has 1 aromatic rings. The Hall–Kier alpha value is -1.23. The van der Waals surface area contributed by atoms with Crippen molar-refractivity contribution in [3.05, 3.63) is 24.3 Å². The Labute approximate surface area is 109 Å². The highest BCUT2D eigenvalue weighted by atomic mass is 32.2. The molecule has 0 unspecified atom stereocenters. The van der Waals surface area contributed by atoms with Gasteiger partial charge in [-0.15, -0.1) is 0 Å². The van der Waals surface area contributed by atoms with Crippen molar-refractivity contribution < 1.29 is 8.42 Å². The molecule has 100 valence electrons. The predicted octanol–water partition coefficient (Wildman–Crippen LogP) is 2.59. The van der Waals surface area contributed by atoms with E-state index in [9.17, 15) is 8.42 Å². The lowest BCUT2D eigenvalue weighted by molar-refractivity contribution is 0.385. The van der Waals surface area contributed by atoms with Gasteiger partial charge in [0.2, 0.25) is 10.0 Å². The van der Waals surface area contributed by atoms with Gasteiger partial charge < -0.3 is 5.73 Å². The molecule has 1 aliphatic carbocycles. The zero-order chi connectivity index (χ0) is 13.0. The normalized spacial score (nSPS) is 17.6. The smallest absolute Gasteiger partial charge is 0.233 e. The molecule has 0 spiro atoms. The summed E-state index contributed by atoms with van der Waals surface area (Å²) in [5.41, 5.74) is 6.68. The molecular weight excluding hydrogens is 248 g/mol. The second kappa shape index (κ2) is 5.61. The van der Waals surface area contributed by atoms with Gasteiger partial charge in [-0.25, -0.2) is 8.42 Å². The number of para-hydroxylation sites is 2. The van der Waals surface area contributed by atoms with Crippen molar-refractivity contribution in [3.8, 4) is 0 Å². The van der Waals surface area contributed by atoms with Crippen molar-refractivity contribution in [3.63, 3.8) is 0 Å². The number of hydrogen-bond donors (Lipinski definition) is 2. The third-order valence-corrected chi connectivity index (χ3v) is 4.85. The highest BCUT2D eigenvalue weighted by molar-refractivity contribution is 7.92. The first-order valence-corrected chi connectivity index (χ1v) is 8.07. The van der Waals surface area contributed by atoms with E-state index in [1.165, 1.54) is 6.42 Å². The quantitative estimate of drug-likeness (QED) is 0.824. The molecule has 0 radical (unpaired) electrons. The van der Waals surface area contributed by atoms with E-state index < -0.39 is 10.0 Å². The standard InChI is InChI=1S/C13H20N2O2S/c14-12-8-4-5-9-13(12)15-18(16,17)10-11-6-2-1-3-7-11/h4-5,8-9,11,15H,1-3,6-7,10,14H2. The molecule has 0 bridgehead atoms. The maximum Gasteiger partial charge on any atom is 0.233 e. The summed E-state index contributed by atoms with van der Waals surface area (Å²) in [5.74, 6) is 0.502. The minimum atomic E-state index is -3.29. The maximum absolute atomic E-state index is 12.1. The molecule has 1 aromatic carbocycles. The van der Waals surface area contributed by atoms with Gasteiger partial charge in [0, 0.05) is 0 Å². The zero-order valence-electron chi connectivity index (χ0n) is 10.4. The van der Waals surface area contributed by atoms with E-state index in [4.69, 9.17) is 5.73 Å². The monoisotopic (exact) mass is 268 g/mol. The molecule has 0 aliphatic heterocycles. The third kappa shape index (κ3) is 3.63. The molecular formula is C13H20N2O2S. The lowest BCUT2D eigenvalue weighted by Crippen LogP contribution is -2.24. The molecule has 0 saturated heterocycles. The van der Waals surface area contributed by atoms with Crippen molar-refractivity contribution in [1.29, 1.82) is 0 Å². The van der Waals surface area contributed by atoms with Gasteiger partial charge in [0.1, 0.15) is 0 Å². The fraction of sp³-hybridized carbons (Fsp3) is 0.538. The molecule has 18 heavy (non-hydrogen) atoms. The van der Waals surface area contributed by atoms with Crippen molar-refractivity contribution in [1.82, 2.24) is 0 Å². The summed E-state index contributed by atoms with van der Waals surface area (Å²) in [5, 5.41) is 0. The van der Waals surface area contributed by atoms with Crippen LogP contribution < -0.4 is 10.5 Å². The van der Waals surface area contributed by atoms with Crippen LogP contribution in [0.2, 0.25) is 0 Å². The average Bonchev–Trinajstić information content (AvgIpc) is 2.32. The van der Waals surface area contributed by atoms with Crippen LogP contribution in [0.5, 0.6) is 0 Å². The molecule has 3 N–H and O–H groups in total. The molecule has 1 saturated carbocycles. The summed E-state index contributed by atoms with van der Waals surface area (Å²) in [6.07, 6.45) is 5.56. The van der Waals surface area contributed by atoms with E-state index in [1.54, 1.807) is 24.3 Å². The molecule has 0 heterocycles. The molecule has 5 heteroatoms. The van der Waals surface area contributed by atoms with Gasteiger partial charge in [-0.3, -0.25) is 4.72 Å². The number of benzene rings is 1. The van der Waals surface area contributed by atoms with E-state index in [0.717, 1.165) is 25.7 Å². The number of nitrogen functional groups attached to an aromatic ring is 1. The van der Waals surface area contributed by atoms with Crippen LogP contribution >= 0.6 is 0 Å². The van der Waals surface area contributed by atoms with Crippen LogP contribution in [0.4, 0.5) is 11.4 Å². The lowest BCUT2D eigenvalue weighted by atomic mass is 9.91. The first kappa shape index (κ1) is 13.2. The predicted molar refractivity (Wildman–Crippen MR) is 74.8 cm³/mol. The molecule has 0 amide bonds. The van der Waals surface area contributed by atoms with Crippen molar-refractivity contribution in [2.45, 2.75) is 32.1 Å². The van der Waals surface area contributed by atoms with Crippen LogP contribution in [0, 0.1) is 5.92 Å². The summed E-state index contributed by atoms with van der Waals surface area (Å²) in [7, 11) is -3.29. The zero-order valence-corrected chi connectivity index (χ0v) is 11.2. The van der Waals surface area contributed by atoms with Crippen LogP contribution in [0.3, 0.4) is 0 Å². The highest BCUT2D eigenvalue weighted by Crippen LogP contribution is 2.26. The number of hydrogen-bond acceptors (Lipinski definition) is 3. The van der Waals surface area contributed by atoms with Crippen molar-refractivity contribution >= 4 is 21.4 Å². The van der Waals surface area contributed by atoms with Crippen LogP contribution in [-0.4, -0.2) is 14.2 Å². The SMILES string of the molecule is Nc1ccccc1NS(=O)(=O)CC1CCCCC1. The first-order valence-electron chi connectivity index (χ1n) is 6.42. The minimum Gasteiger partial charge on any atom is -0.397 e. The Morgan fingerprint density at radius 2 is 1.83 bits per heavy atom. The van der Waals surface area contributed by atoms with E-state index >= 15 is 0 Å². The number of anilines is 2. The van der Waals surface area contributed by atoms with Crippen molar-refractivity contribution in [2.75, 3.05) is 16.2 Å². The van der Waals surface area contributed by atoms with E-state index in [0.29, 0.717) is 17.3 Å². The Kier molecular flexibility index (Phi) is 4.11. The molecule has 2 rings (SSSR count). The average molecular weight is 268 g/mol. The summed E-state index contributed by atoms with van der Waals surface area (Å²) in [4.78, 5) is 0. The van der Waals surface area contributed by atoms with E-state index in [1.807, 2.05) is 0 Å². The second-order valence-corrected chi connectivity index (χ2v) is 6.74. The second-order valence-electron chi connectivity index (χ2n) is 4.97. The minimum absolute atomic E-state index is 0.210. The van der Waals surface area contributed by atoms with Gasteiger partial charge in [-0.05, 0) is 30.9 Å². The highest BCUT2D eigenvalue weighted by Gasteiger charge is 2.21. The van der Waals surface area contributed by atoms with Gasteiger partial charge in [-0.1, -0.05) is 31.4 Å². The Morgan fingerprint density at radius 3 is 2.50 bits per heavy atom. The molecule has 0 atom stereocenters. The maximum atomic E-state index is 12.1. The third-order valence-electron chi connectivity index (χ3n) is 3.41. The Bertz CT molecular complexity index is 493. The fourth-order valence-corrected chi connectivity index (χ4v) is 4.02. The van der Waals surface area contributed by atoms with E-state index in [-0.39, 0.29) is 5.75 Å². The van der Waals surface area contributed by atoms with Gasteiger partial charge in [0.15, 0.2) is 0 Å². The number of rotatable bonds is 4. The van der Waals surface area contributed by atoms with Crippen LogP contribution in [-0.2, 0) is 10.0 Å². The Morgan fingerprint density at radius 1 is 1.17 bits per heavy atom. The number of nitrogens with two attached hydrogens (primary N) is 1. The molecule has 0 aromatic heterocycles. The van der Waals surface area contributed by atoms with Crippen molar-refractivity contribution in [2.24, 2.45) is 5.92 Å². The molecule has 4 nitrogen and oxygen atoms in total. The summed E-state index contributed by atoms with van der Waals surface area (Å²) in [6, 6.07) is 6.94. The van der Waals surface area contributed by atoms with Gasteiger partial charge in [0.25, 0.3) is 0 Å². The number of nitrogens with one attached hydrogen (secondary N) is 1. The summed E-state index contributed by atoms with van der Waals surface area (Å²) >= 11 is 0. The van der Waals surface area contributed by atoms with E-state index in [2.05, 4.69) is 4.72 Å². The fourth-order valence-electron chi connectivity index (χ4n) is 2.46. The summed E-state index contributed by atoms with van der Waals surface area (Å²) < 4.78 is 26.7. The van der Waals surface area contributed by atoms with Gasteiger partial charge in [0.05, 0.1) is 17.1 Å². The van der Waals surface area contributed by atoms with Crippen LogP contribution in [0.1, 0.15) is 32.1 Å². The van der Waals surface area contributed by atoms with Crippen LogP contribution in [0.15, 0.2) is 24.3 Å². The lowest BCUT2D eigenvalue weighted by Gasteiger charge is -2.21. The molecule has 1 fully saturated rings. The first-order chi connectivity index (χ1) is 8.57. The number of sulfonamides is 1. The van der Waals surface area contributed by atoms with Gasteiger partial charge in [-0.2, -0.15) is 0 Å². The van der Waals surface area contributed by atoms with Gasteiger partial charge >= 0.3 is 0 Å². The topological polar surface area (TPSA) is 72.2 Å². The summed E-state index contributed by atoms with van der Waals surface area (Å²) in [6.45, 7) is 0. The molecule has 1 aliphatic rings. The Balaban J connectivity index is 2.01.